The number of aliphatic hydroxyl groups is 1. The van der Waals surface area contributed by atoms with Crippen LogP contribution < -0.4 is 81.8 Å². The van der Waals surface area contributed by atoms with Gasteiger partial charge in [0, 0.05) is 19.6 Å². The largest absolute Gasteiger partial charge is 0.490 e. The van der Waals surface area contributed by atoms with Gasteiger partial charge in [-0.25, -0.2) is 9.59 Å². The molecule has 2 rings (SSSR count). The lowest BCUT2D eigenvalue weighted by Crippen LogP contribution is -2.61. The molecule has 42 heteroatoms. The summed E-state index contributed by atoms with van der Waals surface area (Å²) < 4.78 is 31.7. The Labute approximate surface area is 578 Å². The minimum Gasteiger partial charge on any atom is -0.481 e. The number of carboxylic acid groups (broad SMARTS) is 3. The molecule has 0 unspecified atom stereocenters. The zero-order valence-electron chi connectivity index (χ0n) is 57.4. The number of hydrogen-bond acceptors (Lipinski definition) is 20. The second-order valence-corrected chi connectivity index (χ2v) is 25.2. The Morgan fingerprint density at radius 2 is 0.891 bits per heavy atom. The van der Waals surface area contributed by atoms with Gasteiger partial charge in [-0.05, 0) is 89.9 Å². The van der Waals surface area contributed by atoms with E-state index in [1.54, 1.807) is 13.8 Å². The Hall–Kier alpha value is -10.0. The molecule has 0 bridgehead atoms. The van der Waals surface area contributed by atoms with Crippen molar-refractivity contribution in [3.8, 4) is 0 Å². The highest BCUT2D eigenvalue weighted by Gasteiger charge is 2.43. The Balaban J connectivity index is 0.00000689. The van der Waals surface area contributed by atoms with Gasteiger partial charge in [0.05, 0.1) is 31.9 Å². The highest BCUT2D eigenvalue weighted by molar-refractivity contribution is 6.01. The molecule has 0 radical (unpaired) electrons. The molecular formula is C59H97F3N18O21. The van der Waals surface area contributed by atoms with Gasteiger partial charge in [-0.15, -0.1) is 0 Å². The fourth-order valence-electron chi connectivity index (χ4n) is 10.1. The zero-order chi connectivity index (χ0) is 77.7. The number of carboxylic acids is 3. The Kier molecular flexibility index (Phi) is 37.1. The number of carbonyl (C=O) groups is 17. The van der Waals surface area contributed by atoms with Crippen molar-refractivity contribution in [1.82, 2.24) is 63.0 Å². The van der Waals surface area contributed by atoms with Crippen LogP contribution in [0.2, 0.25) is 0 Å². The average molecular weight is 1450 g/mol. The third kappa shape index (κ3) is 31.4. The number of hydrogen-bond donors (Lipinski definition) is 19. The van der Waals surface area contributed by atoms with Crippen molar-refractivity contribution >= 4 is 107 Å². The predicted octanol–water partition coefficient (Wildman–Crippen LogP) is -7.06. The fraction of sp³-hybridized carbons (Fsp3) is 0.695. The molecular weight excluding hydrogens is 1350 g/mol. The standard InChI is InChI=1S/C57H96N18O19.C2HF3O2/c1-25(2)19-31(58)46(83)65-28(7)44(81)64-29(8)45(82)73-43(27(5)6)53(90)72-37(24-76)50(87)69-35(23-42(79)80)49(86)68-33(20-26(3)4)48(85)71-36(22-41(60)78)55(92)75-18-12-15-39(75)52(89)70-34(21-40(59)77)47(84)66-30(9)54(91)74-17-11-14-38(74)51(88)67-32(56(93)94)13-10-16-63-57(61)62;3-2(4,5)1(6)7/h25-39,43,76H,10-24,58H2,1-9H3,(H2,59,77)(H2,60,78)(H,64,81)(H,65,83)(H,66,84)(H,67,88)(H,68,86)(H,69,87)(H,70,89)(H,71,85)(H,72,90)(H,73,82)(H,79,80)(H,93,94)(H4,61,62,63);(H,6,7)/t28-,29-,30-,31-,32-,33-,34-,35-,36-,37-,38-,39-,43-;/m0./s1. The summed E-state index contributed by atoms with van der Waals surface area (Å²) in [5, 5.41) is 60.5. The molecule has 0 aromatic heterocycles. The maximum atomic E-state index is 14.4. The number of rotatable bonds is 39. The number of aliphatic hydroxyl groups excluding tert-OH is 1. The predicted molar refractivity (Wildman–Crippen MR) is 346 cm³/mol. The molecule has 2 fully saturated rings. The maximum Gasteiger partial charge on any atom is 0.490 e. The number of guanidine groups is 1. The molecule has 24 N–H and O–H groups in total. The minimum atomic E-state index is -5.08. The van der Waals surface area contributed by atoms with Crippen LogP contribution in [0.1, 0.15) is 133 Å². The molecule has 14 amide bonds. The second kappa shape index (κ2) is 42.2. The van der Waals surface area contributed by atoms with E-state index in [0.29, 0.717) is 12.8 Å². The van der Waals surface area contributed by atoms with E-state index < -0.39 is 223 Å². The molecule has 2 heterocycles. The maximum absolute atomic E-state index is 14.4. The Morgan fingerprint density at radius 1 is 0.485 bits per heavy atom. The highest BCUT2D eigenvalue weighted by atomic mass is 19.4. The third-order valence-electron chi connectivity index (χ3n) is 15.2. The molecule has 13 atom stereocenters. The lowest BCUT2D eigenvalue weighted by molar-refractivity contribution is -0.192. The number of likely N-dealkylation sites (tertiary alicyclic amines) is 2. The quantitative estimate of drug-likeness (QED) is 0.0154. The minimum absolute atomic E-state index is 0.0426. The summed E-state index contributed by atoms with van der Waals surface area (Å²) in [6.07, 6.45) is -7.10. The van der Waals surface area contributed by atoms with E-state index in [1.165, 1.54) is 34.6 Å². The van der Waals surface area contributed by atoms with E-state index in [1.807, 2.05) is 13.8 Å². The number of nitrogens with zero attached hydrogens (tertiary/aromatic N) is 3. The van der Waals surface area contributed by atoms with Crippen molar-refractivity contribution in [2.45, 2.75) is 218 Å². The zero-order valence-corrected chi connectivity index (χ0v) is 57.4. The Morgan fingerprint density at radius 3 is 1.35 bits per heavy atom. The molecule has 570 valence electrons. The van der Waals surface area contributed by atoms with E-state index in [0.717, 1.165) is 9.80 Å². The first-order valence-electron chi connectivity index (χ1n) is 32.1. The Bertz CT molecular complexity index is 3030. The summed E-state index contributed by atoms with van der Waals surface area (Å²) >= 11 is 0. The molecule has 0 aromatic rings. The van der Waals surface area contributed by atoms with Crippen LogP contribution in [-0.2, 0) is 81.5 Å². The summed E-state index contributed by atoms with van der Waals surface area (Å²) in [6, 6.07) is -19.2. The van der Waals surface area contributed by atoms with Crippen LogP contribution in [0.25, 0.3) is 0 Å². The smallest absolute Gasteiger partial charge is 0.481 e. The summed E-state index contributed by atoms with van der Waals surface area (Å²) in [5.74, 6) is -20.9. The number of primary amides is 2. The topological polar surface area (TPSA) is 640 Å². The molecule has 0 saturated carbocycles. The second-order valence-electron chi connectivity index (χ2n) is 25.2. The van der Waals surface area contributed by atoms with Crippen molar-refractivity contribution in [3.05, 3.63) is 0 Å². The molecule has 0 spiro atoms. The molecule has 2 aliphatic rings. The fourth-order valence-corrected chi connectivity index (χ4v) is 10.1. The molecule has 0 aromatic carbocycles. The number of aliphatic imine (C=N–C) groups is 1. The molecule has 101 heavy (non-hydrogen) atoms. The van der Waals surface area contributed by atoms with Gasteiger partial charge < -0.3 is 112 Å². The van der Waals surface area contributed by atoms with Crippen molar-refractivity contribution in [1.29, 1.82) is 0 Å². The van der Waals surface area contributed by atoms with Crippen LogP contribution >= 0.6 is 0 Å². The first-order chi connectivity index (χ1) is 46.7. The third-order valence-corrected chi connectivity index (χ3v) is 15.2. The van der Waals surface area contributed by atoms with E-state index >= 15 is 0 Å². The van der Waals surface area contributed by atoms with Gasteiger partial charge in [0.2, 0.25) is 82.7 Å². The summed E-state index contributed by atoms with van der Waals surface area (Å²) in [5.41, 5.74) is 27.5. The molecule has 2 saturated heterocycles. The van der Waals surface area contributed by atoms with Gasteiger partial charge in [0.1, 0.15) is 72.5 Å². The van der Waals surface area contributed by atoms with Crippen LogP contribution in [0.15, 0.2) is 4.99 Å². The van der Waals surface area contributed by atoms with Crippen LogP contribution in [0.4, 0.5) is 13.2 Å². The molecule has 0 aliphatic carbocycles. The van der Waals surface area contributed by atoms with Crippen molar-refractivity contribution in [2.24, 2.45) is 51.4 Å². The number of amides is 14. The SMILES string of the molecule is CC(C)C[C@H](NC(=O)[C@H](CC(=O)O)NC(=O)[C@H](CO)NC(=O)[C@@H](NC(=O)[C@H](C)NC(=O)[C@H](C)NC(=O)[C@@H](N)CC(C)C)C(C)C)C(=O)N[C@@H](CC(N)=O)C(=O)N1CCC[C@H]1C(=O)N[C@@H](CC(N)=O)C(=O)N[C@@H](C)C(=O)N1CCC[C@H]1C(=O)N[C@@H](CCCN=C(N)N)C(=O)O.O=C(O)C(F)(F)F. The van der Waals surface area contributed by atoms with Gasteiger partial charge in [0.15, 0.2) is 5.96 Å². The lowest BCUT2D eigenvalue weighted by atomic mass is 10.0. The van der Waals surface area contributed by atoms with Crippen LogP contribution in [0.5, 0.6) is 0 Å². The lowest BCUT2D eigenvalue weighted by Gasteiger charge is -2.31. The first kappa shape index (κ1) is 89.0. The summed E-state index contributed by atoms with van der Waals surface area (Å²) in [6.45, 7) is 12.7. The van der Waals surface area contributed by atoms with Crippen LogP contribution in [-0.4, -0.2) is 248 Å². The highest BCUT2D eigenvalue weighted by Crippen LogP contribution is 2.22. The summed E-state index contributed by atoms with van der Waals surface area (Å²) in [7, 11) is 0. The van der Waals surface area contributed by atoms with Gasteiger partial charge in [0.25, 0.3) is 0 Å². The average Bonchev–Trinajstić information content (AvgIpc) is 1.74. The van der Waals surface area contributed by atoms with Gasteiger partial charge >= 0.3 is 24.1 Å². The number of alkyl halides is 3. The van der Waals surface area contributed by atoms with Crippen molar-refractivity contribution in [2.75, 3.05) is 26.2 Å². The normalized spacial score (nSPS) is 17.5. The van der Waals surface area contributed by atoms with Gasteiger partial charge in [-0.1, -0.05) is 41.5 Å². The summed E-state index contributed by atoms with van der Waals surface area (Å²) in [4.78, 5) is 227. The molecule has 2 aliphatic heterocycles. The monoisotopic (exact) mass is 1450 g/mol. The molecule has 39 nitrogen and oxygen atoms in total. The van der Waals surface area contributed by atoms with Crippen molar-refractivity contribution in [3.63, 3.8) is 0 Å². The number of aliphatic carboxylic acids is 3. The first-order valence-corrected chi connectivity index (χ1v) is 32.1. The number of nitrogens with two attached hydrogens (primary N) is 5. The van der Waals surface area contributed by atoms with E-state index in [4.69, 9.17) is 38.6 Å². The number of halogens is 3. The number of carbonyl (C=O) groups excluding carboxylic acids is 14. The number of nitrogens with one attached hydrogen (secondary N) is 10. The van der Waals surface area contributed by atoms with E-state index in [2.05, 4.69) is 58.2 Å². The van der Waals surface area contributed by atoms with E-state index in [-0.39, 0.29) is 70.0 Å². The van der Waals surface area contributed by atoms with Crippen LogP contribution in [0, 0.1) is 17.8 Å². The van der Waals surface area contributed by atoms with Crippen molar-refractivity contribution < 1.29 is 115 Å². The van der Waals surface area contributed by atoms with Gasteiger partial charge in [-0.2, -0.15) is 13.2 Å². The van der Waals surface area contributed by atoms with Gasteiger partial charge in [-0.3, -0.25) is 76.9 Å². The van der Waals surface area contributed by atoms with E-state index in [9.17, 15) is 105 Å². The van der Waals surface area contributed by atoms with Crippen LogP contribution in [0.3, 0.4) is 0 Å².